The minimum absolute atomic E-state index is 0.0424. The molecule has 4 saturated carbocycles. The summed E-state index contributed by atoms with van der Waals surface area (Å²) < 4.78 is 32.8. The van der Waals surface area contributed by atoms with Crippen molar-refractivity contribution in [3.05, 3.63) is 167 Å². The summed E-state index contributed by atoms with van der Waals surface area (Å²) in [5.41, 5.74) is 6.30. The summed E-state index contributed by atoms with van der Waals surface area (Å²) in [5.74, 6) is -3.13. The molecule has 0 bridgehead atoms. The molecule has 97 heavy (non-hydrogen) atoms. The SMILES string of the molecule is CNC(=O)[C@H](Cc1ccc2ccccc2c1)N1CCN(C(=O)[C@@H](Cc2ccc(F)cc2)NC(=O)C2(N)CC2)[C@@H](CC2CC2)C1=O.CNC(=O)[C@H](Cc1ccc2ccccc2c1)N1CCN(C(=O)[C@@H](Cc2ccc(F)cc2)NC(=O)C2(NC(=O)OC(C)(C)C)CC2)[C@@H](CC2CC2)C1=O. The Bertz CT molecular complexity index is 3940. The second kappa shape index (κ2) is 29.2. The van der Waals surface area contributed by atoms with Gasteiger partial charge < -0.3 is 56.7 Å². The van der Waals surface area contributed by atoms with E-state index in [2.05, 4.69) is 26.6 Å². The molecule has 0 spiro atoms. The van der Waals surface area contributed by atoms with Gasteiger partial charge >= 0.3 is 6.09 Å². The minimum Gasteiger partial charge on any atom is -0.444 e. The molecule has 2 saturated heterocycles. The molecule has 12 rings (SSSR count). The Morgan fingerprint density at radius 3 is 1.29 bits per heavy atom. The average molecular weight is 1330 g/mol. The molecule has 6 aromatic carbocycles. The van der Waals surface area contributed by atoms with Crippen molar-refractivity contribution in [2.45, 2.75) is 164 Å². The van der Waals surface area contributed by atoms with Crippen LogP contribution in [0.3, 0.4) is 0 Å². The predicted octanol–water partition coefficient (Wildman–Crippen LogP) is 6.95. The Balaban J connectivity index is 0.000000199. The highest BCUT2D eigenvalue weighted by Crippen LogP contribution is 2.40. The van der Waals surface area contributed by atoms with E-state index in [-0.39, 0.29) is 74.5 Å². The van der Waals surface area contributed by atoms with Crippen LogP contribution in [-0.2, 0) is 68.8 Å². The second-order valence-electron chi connectivity index (χ2n) is 28.1. The normalized spacial score (nSPS) is 19.9. The number of halogens is 2. The minimum atomic E-state index is -1.23. The first kappa shape index (κ1) is 69.1. The number of alkyl carbamates (subject to hydrolysis) is 1. The maximum absolute atomic E-state index is 14.6. The summed E-state index contributed by atoms with van der Waals surface area (Å²) in [6.45, 7) is 5.85. The Hall–Kier alpha value is -9.31. The number of nitrogens with one attached hydrogen (secondary N) is 5. The number of nitrogens with two attached hydrogens (primary N) is 1. The third-order valence-corrected chi connectivity index (χ3v) is 19.5. The van der Waals surface area contributed by atoms with Crippen molar-refractivity contribution < 1.29 is 56.7 Å². The van der Waals surface area contributed by atoms with Gasteiger partial charge in [0.15, 0.2) is 0 Å². The van der Waals surface area contributed by atoms with Crippen LogP contribution >= 0.6 is 0 Å². The van der Waals surface area contributed by atoms with Gasteiger partial charge in [-0.3, -0.25) is 38.4 Å². The van der Waals surface area contributed by atoms with E-state index in [1.54, 1.807) is 78.7 Å². The molecular weight excluding hydrogens is 1240 g/mol. The van der Waals surface area contributed by atoms with Gasteiger partial charge in [0.2, 0.25) is 47.3 Å². The van der Waals surface area contributed by atoms with Crippen molar-refractivity contribution in [3.63, 3.8) is 0 Å². The number of hydrogen-bond donors (Lipinski definition) is 6. The number of ether oxygens (including phenoxy) is 1. The summed E-state index contributed by atoms with van der Waals surface area (Å²) in [5, 5.41) is 18.1. The third kappa shape index (κ3) is 17.1. The molecule has 2 heterocycles. The van der Waals surface area contributed by atoms with Crippen molar-refractivity contribution in [1.29, 1.82) is 0 Å². The Kier molecular flexibility index (Phi) is 20.8. The van der Waals surface area contributed by atoms with Gasteiger partial charge in [0.05, 0.1) is 5.54 Å². The number of amides is 9. The first-order chi connectivity index (χ1) is 46.4. The molecule has 0 radical (unpaired) electrons. The van der Waals surface area contributed by atoms with Crippen LogP contribution < -0.4 is 32.3 Å². The number of benzene rings is 6. The largest absolute Gasteiger partial charge is 0.444 e. The van der Waals surface area contributed by atoms with Gasteiger partial charge in [-0.2, -0.15) is 0 Å². The second-order valence-corrected chi connectivity index (χ2v) is 28.1. The van der Waals surface area contributed by atoms with Gasteiger partial charge in [-0.15, -0.1) is 0 Å². The quantitative estimate of drug-likeness (QED) is 0.0382. The fraction of sp³-hybridized carbons (Fsp3) is 0.453. The zero-order valence-corrected chi connectivity index (χ0v) is 55.8. The molecule has 6 aliphatic rings. The monoisotopic (exact) mass is 1330 g/mol. The number of nitrogens with zero attached hydrogens (tertiary/aromatic N) is 4. The van der Waals surface area contributed by atoms with E-state index >= 15 is 0 Å². The molecule has 4 aliphatic carbocycles. The number of rotatable bonds is 23. The molecule has 512 valence electrons. The molecule has 0 aromatic heterocycles. The molecule has 20 nitrogen and oxygen atoms in total. The number of hydrogen-bond acceptors (Lipinski definition) is 11. The van der Waals surface area contributed by atoms with E-state index in [0.717, 1.165) is 58.4 Å². The summed E-state index contributed by atoms with van der Waals surface area (Å²) >= 11 is 0. The predicted molar refractivity (Wildman–Crippen MR) is 362 cm³/mol. The number of carbonyl (C=O) groups excluding carboxylic acids is 9. The van der Waals surface area contributed by atoms with Crippen molar-refractivity contribution in [2.24, 2.45) is 17.6 Å². The highest BCUT2D eigenvalue weighted by atomic mass is 19.1. The van der Waals surface area contributed by atoms with E-state index in [4.69, 9.17) is 10.5 Å². The van der Waals surface area contributed by atoms with Gasteiger partial charge in [-0.1, -0.05) is 135 Å². The summed E-state index contributed by atoms with van der Waals surface area (Å²) in [7, 11) is 3.11. The number of carbonyl (C=O) groups is 9. The van der Waals surface area contributed by atoms with Crippen molar-refractivity contribution >= 4 is 74.9 Å². The third-order valence-electron chi connectivity index (χ3n) is 19.5. The van der Waals surface area contributed by atoms with Crippen molar-refractivity contribution in [3.8, 4) is 0 Å². The van der Waals surface area contributed by atoms with Gasteiger partial charge in [-0.05, 0) is 139 Å². The van der Waals surface area contributed by atoms with Crippen LogP contribution in [0, 0.1) is 23.5 Å². The van der Waals surface area contributed by atoms with Gasteiger partial charge in [-0.25, -0.2) is 13.6 Å². The standard InChI is InChI=1S/C40H48FN5O6.C35H40FN5O4/c1-39(2,3)52-38(51)44-40(17-18-40)37(50)43-31(22-25-12-15-30(41)16-13-25)35(48)46-20-19-45(36(49)33(46)23-26-9-10-26)32(34(47)42-4)24-27-11-14-28-7-5-6-8-29(28)21-27;1-38-31(42)29(21-24-8-11-25-4-2-3-5-26(25)18-24)40-16-17-41(30(33(40)44)20-23-6-7-23)32(43)28(39-34(45)35(37)14-15-35)19-22-9-12-27(36)13-10-22/h5-8,11-16,21,26,31-33H,9-10,17-20,22-24H2,1-4H3,(H,42,47)(H,43,50)(H,44,51);2-5,8-13,18,23,28-30H,6-7,14-17,19-21,37H2,1H3,(H,38,42)(H,39,45)/t31-,32+,33+;28-,29+,30+/m11/s1. The lowest BCUT2D eigenvalue weighted by Crippen LogP contribution is -2.66. The maximum atomic E-state index is 14.6. The lowest BCUT2D eigenvalue weighted by molar-refractivity contribution is -0.157. The molecule has 2 aliphatic heterocycles. The summed E-state index contributed by atoms with van der Waals surface area (Å²) in [6.07, 6.45) is 6.67. The Labute approximate surface area is 564 Å². The Morgan fingerprint density at radius 1 is 0.526 bits per heavy atom. The molecule has 7 N–H and O–H groups in total. The molecular formula is C75H88F2N10O10. The van der Waals surface area contributed by atoms with E-state index in [9.17, 15) is 51.9 Å². The molecule has 6 atom stereocenters. The number of fused-ring (bicyclic) bond motifs is 2. The topological polar surface area (TPSA) is 262 Å². The van der Waals surface area contributed by atoms with Crippen LogP contribution in [0.2, 0.25) is 0 Å². The van der Waals surface area contributed by atoms with Crippen LogP contribution in [0.25, 0.3) is 21.5 Å². The summed E-state index contributed by atoms with van der Waals surface area (Å²) in [6, 6.07) is 34.3. The van der Waals surface area contributed by atoms with E-state index in [0.29, 0.717) is 68.4 Å². The smallest absolute Gasteiger partial charge is 0.408 e. The van der Waals surface area contributed by atoms with Crippen LogP contribution in [0.1, 0.15) is 107 Å². The first-order valence-corrected chi connectivity index (χ1v) is 33.9. The van der Waals surface area contributed by atoms with Gasteiger partial charge in [0, 0.05) is 66.0 Å². The molecule has 6 fully saturated rings. The number of piperazine rings is 2. The maximum Gasteiger partial charge on any atom is 0.408 e. The number of likely N-dealkylation sites (N-methyl/N-ethyl adjacent to an activating group) is 2. The van der Waals surface area contributed by atoms with Crippen LogP contribution in [0.5, 0.6) is 0 Å². The Morgan fingerprint density at radius 2 is 0.918 bits per heavy atom. The average Bonchev–Trinajstić information content (AvgIpc) is 1.69. The highest BCUT2D eigenvalue weighted by Gasteiger charge is 2.54. The fourth-order valence-electron chi connectivity index (χ4n) is 13.3. The van der Waals surface area contributed by atoms with E-state index in [1.165, 1.54) is 24.3 Å². The lowest BCUT2D eigenvalue weighted by atomic mass is 9.96. The van der Waals surface area contributed by atoms with Crippen LogP contribution in [-0.4, -0.2) is 166 Å². The first-order valence-electron chi connectivity index (χ1n) is 33.9. The van der Waals surface area contributed by atoms with E-state index in [1.807, 2.05) is 84.9 Å². The van der Waals surface area contributed by atoms with Crippen LogP contribution in [0.15, 0.2) is 133 Å². The molecule has 22 heteroatoms. The molecule has 6 aromatic rings. The zero-order valence-electron chi connectivity index (χ0n) is 55.8. The van der Waals surface area contributed by atoms with Gasteiger partial charge in [0.25, 0.3) is 0 Å². The zero-order chi connectivity index (χ0) is 68.9. The van der Waals surface area contributed by atoms with Crippen molar-refractivity contribution in [1.82, 2.24) is 46.2 Å². The highest BCUT2D eigenvalue weighted by molar-refractivity contribution is 6.00. The molecule has 9 amide bonds. The lowest BCUT2D eigenvalue weighted by Gasteiger charge is -2.44. The van der Waals surface area contributed by atoms with Gasteiger partial charge in [0.1, 0.15) is 59.0 Å². The molecule has 0 unspecified atom stereocenters. The van der Waals surface area contributed by atoms with E-state index < -0.39 is 88.4 Å². The summed E-state index contributed by atoms with van der Waals surface area (Å²) in [4.78, 5) is 130. The van der Waals surface area contributed by atoms with Crippen molar-refractivity contribution in [2.75, 3.05) is 40.3 Å². The van der Waals surface area contributed by atoms with Crippen LogP contribution in [0.4, 0.5) is 13.6 Å². The fourth-order valence-corrected chi connectivity index (χ4v) is 13.3.